The van der Waals surface area contributed by atoms with Crippen LogP contribution in [0, 0.1) is 0 Å². The van der Waals surface area contributed by atoms with Crippen molar-refractivity contribution in [3.05, 3.63) is 12.1 Å². The van der Waals surface area contributed by atoms with Gasteiger partial charge in [-0.15, -0.1) is 10.2 Å². The van der Waals surface area contributed by atoms with Crippen LogP contribution in [0.15, 0.2) is 12.1 Å². The molecule has 0 aromatic carbocycles. The zero-order chi connectivity index (χ0) is 17.2. The van der Waals surface area contributed by atoms with Crippen LogP contribution in [0.4, 0.5) is 11.6 Å². The van der Waals surface area contributed by atoms with Crippen LogP contribution in [0.1, 0.15) is 33.1 Å². The van der Waals surface area contributed by atoms with Gasteiger partial charge in [-0.05, 0) is 45.2 Å². The molecule has 0 radical (unpaired) electrons. The van der Waals surface area contributed by atoms with E-state index in [0.29, 0.717) is 32.2 Å². The van der Waals surface area contributed by atoms with E-state index in [-0.39, 0.29) is 5.75 Å². The van der Waals surface area contributed by atoms with E-state index in [2.05, 4.69) is 26.9 Å². The summed E-state index contributed by atoms with van der Waals surface area (Å²) in [6.07, 6.45) is 3.70. The lowest BCUT2D eigenvalue weighted by Gasteiger charge is -2.35. The summed E-state index contributed by atoms with van der Waals surface area (Å²) >= 11 is 0. The molecule has 134 valence electrons. The van der Waals surface area contributed by atoms with Crippen molar-refractivity contribution in [2.24, 2.45) is 0 Å². The van der Waals surface area contributed by atoms with Gasteiger partial charge in [0.15, 0.2) is 11.6 Å². The topological polar surface area (TPSA) is 69.6 Å². The number of piperazine rings is 1. The van der Waals surface area contributed by atoms with E-state index in [1.807, 2.05) is 12.1 Å². The van der Waals surface area contributed by atoms with E-state index in [0.717, 1.165) is 18.2 Å². The number of anilines is 2. The highest BCUT2D eigenvalue weighted by Crippen LogP contribution is 2.24. The molecule has 8 heteroatoms. The molecule has 1 aromatic heterocycles. The molecule has 1 unspecified atom stereocenters. The van der Waals surface area contributed by atoms with Crippen molar-refractivity contribution < 1.29 is 8.42 Å². The highest BCUT2D eigenvalue weighted by molar-refractivity contribution is 7.89. The average molecular weight is 353 g/mol. The van der Waals surface area contributed by atoms with Gasteiger partial charge in [0, 0.05) is 38.8 Å². The molecular formula is C16H27N5O2S. The average Bonchev–Trinajstić information content (AvgIpc) is 2.62. The number of rotatable bonds is 4. The first kappa shape index (κ1) is 17.4. The summed E-state index contributed by atoms with van der Waals surface area (Å²) in [6.45, 7) is 7.32. The van der Waals surface area contributed by atoms with Crippen molar-refractivity contribution in [3.8, 4) is 0 Å². The van der Waals surface area contributed by atoms with Crippen molar-refractivity contribution in [1.29, 1.82) is 0 Å². The van der Waals surface area contributed by atoms with Crippen LogP contribution >= 0.6 is 0 Å². The summed E-state index contributed by atoms with van der Waals surface area (Å²) in [5, 5.41) is 8.80. The van der Waals surface area contributed by atoms with Crippen LogP contribution in [0.5, 0.6) is 0 Å². The summed E-state index contributed by atoms with van der Waals surface area (Å²) in [7, 11) is -3.09. The van der Waals surface area contributed by atoms with Gasteiger partial charge in [-0.3, -0.25) is 0 Å². The largest absolute Gasteiger partial charge is 0.352 e. The Morgan fingerprint density at radius 3 is 2.29 bits per heavy atom. The van der Waals surface area contributed by atoms with Crippen molar-refractivity contribution in [2.75, 3.05) is 48.3 Å². The second-order valence-electron chi connectivity index (χ2n) is 6.57. The van der Waals surface area contributed by atoms with E-state index in [1.54, 1.807) is 11.2 Å². The Balaban J connectivity index is 1.63. The first-order chi connectivity index (χ1) is 11.5. The molecule has 0 N–H and O–H groups in total. The Bertz CT molecular complexity index is 641. The monoisotopic (exact) mass is 353 g/mol. The van der Waals surface area contributed by atoms with Crippen LogP contribution in [-0.4, -0.2) is 67.4 Å². The summed E-state index contributed by atoms with van der Waals surface area (Å²) in [4.78, 5) is 4.43. The Morgan fingerprint density at radius 1 is 1.04 bits per heavy atom. The number of hydrogen-bond donors (Lipinski definition) is 0. The van der Waals surface area contributed by atoms with Gasteiger partial charge in [0.05, 0.1) is 5.75 Å². The van der Waals surface area contributed by atoms with Crippen molar-refractivity contribution >= 4 is 21.7 Å². The molecule has 24 heavy (non-hydrogen) atoms. The molecular weight excluding hydrogens is 326 g/mol. The van der Waals surface area contributed by atoms with E-state index in [1.165, 1.54) is 19.3 Å². The van der Waals surface area contributed by atoms with Gasteiger partial charge < -0.3 is 9.80 Å². The fourth-order valence-electron chi connectivity index (χ4n) is 3.46. The van der Waals surface area contributed by atoms with E-state index < -0.39 is 10.0 Å². The molecule has 2 aliphatic rings. The van der Waals surface area contributed by atoms with Crippen LogP contribution in [0.2, 0.25) is 0 Å². The number of hydrogen-bond acceptors (Lipinski definition) is 6. The molecule has 0 aliphatic carbocycles. The fraction of sp³-hybridized carbons (Fsp3) is 0.750. The third-order valence-corrected chi connectivity index (χ3v) is 6.94. The molecule has 3 heterocycles. The molecule has 2 fully saturated rings. The number of nitrogens with zero attached hydrogens (tertiary/aromatic N) is 5. The lowest BCUT2D eigenvalue weighted by molar-refractivity contribution is 0.384. The van der Waals surface area contributed by atoms with Gasteiger partial charge in [0.25, 0.3) is 0 Å². The summed E-state index contributed by atoms with van der Waals surface area (Å²) in [5.41, 5.74) is 0. The molecule has 0 bridgehead atoms. The maximum absolute atomic E-state index is 11.9. The highest BCUT2D eigenvalue weighted by atomic mass is 32.2. The quantitative estimate of drug-likeness (QED) is 0.813. The van der Waals surface area contributed by atoms with Gasteiger partial charge in [0.1, 0.15) is 0 Å². The third kappa shape index (κ3) is 3.64. The van der Waals surface area contributed by atoms with E-state index in [9.17, 15) is 8.42 Å². The summed E-state index contributed by atoms with van der Waals surface area (Å²) < 4.78 is 25.4. The maximum Gasteiger partial charge on any atom is 0.213 e. The first-order valence-electron chi connectivity index (χ1n) is 8.84. The highest BCUT2D eigenvalue weighted by Gasteiger charge is 2.26. The summed E-state index contributed by atoms with van der Waals surface area (Å²) in [5.74, 6) is 1.94. The van der Waals surface area contributed by atoms with Crippen LogP contribution in [0.3, 0.4) is 0 Å². The predicted octanol–water partition coefficient (Wildman–Crippen LogP) is 1.33. The minimum atomic E-state index is -3.09. The van der Waals surface area contributed by atoms with Gasteiger partial charge in [0.2, 0.25) is 10.0 Å². The molecule has 0 amide bonds. The molecule has 2 aliphatic heterocycles. The van der Waals surface area contributed by atoms with Crippen LogP contribution < -0.4 is 9.80 Å². The van der Waals surface area contributed by atoms with Crippen molar-refractivity contribution in [2.45, 2.75) is 39.2 Å². The molecule has 3 rings (SSSR count). The normalized spacial score (nSPS) is 23.5. The van der Waals surface area contributed by atoms with Gasteiger partial charge in [-0.25, -0.2) is 8.42 Å². The maximum atomic E-state index is 11.9. The smallest absolute Gasteiger partial charge is 0.213 e. The number of aromatic nitrogens is 2. The van der Waals surface area contributed by atoms with Crippen molar-refractivity contribution in [1.82, 2.24) is 14.5 Å². The predicted molar refractivity (Wildman–Crippen MR) is 95.9 cm³/mol. The SMILES string of the molecule is CCS(=O)(=O)N1CCN(c2ccc(N3CCCCC3C)nn2)CC1. The number of sulfonamides is 1. The molecule has 1 aromatic rings. The molecule has 2 saturated heterocycles. The van der Waals surface area contributed by atoms with Crippen LogP contribution in [-0.2, 0) is 10.0 Å². The lowest BCUT2D eigenvalue weighted by Crippen LogP contribution is -2.49. The Kier molecular flexibility index (Phi) is 5.24. The Hall–Kier alpha value is -1.41. The van der Waals surface area contributed by atoms with Crippen molar-refractivity contribution in [3.63, 3.8) is 0 Å². The Labute approximate surface area is 144 Å². The lowest BCUT2D eigenvalue weighted by atomic mass is 10.0. The molecule has 0 saturated carbocycles. The number of piperidine rings is 1. The standard InChI is InChI=1S/C16H27N5O2S/c1-3-24(22,23)20-12-10-19(11-13-20)15-7-8-16(18-17-15)21-9-5-4-6-14(21)2/h7-8,14H,3-6,9-13H2,1-2H3. The van der Waals surface area contributed by atoms with E-state index >= 15 is 0 Å². The van der Waals surface area contributed by atoms with Gasteiger partial charge in [-0.2, -0.15) is 4.31 Å². The summed E-state index contributed by atoms with van der Waals surface area (Å²) in [6, 6.07) is 4.56. The second-order valence-corrected chi connectivity index (χ2v) is 8.83. The third-order valence-electron chi connectivity index (χ3n) is 5.05. The minimum absolute atomic E-state index is 0.162. The first-order valence-corrected chi connectivity index (χ1v) is 10.5. The fourth-order valence-corrected chi connectivity index (χ4v) is 4.54. The van der Waals surface area contributed by atoms with Crippen LogP contribution in [0.25, 0.3) is 0 Å². The minimum Gasteiger partial charge on any atom is -0.352 e. The van der Waals surface area contributed by atoms with Gasteiger partial charge >= 0.3 is 0 Å². The Morgan fingerprint density at radius 2 is 1.71 bits per heavy atom. The zero-order valence-corrected chi connectivity index (χ0v) is 15.4. The zero-order valence-electron chi connectivity index (χ0n) is 14.6. The molecule has 0 spiro atoms. The second kappa shape index (κ2) is 7.23. The van der Waals surface area contributed by atoms with Gasteiger partial charge in [-0.1, -0.05) is 0 Å². The van der Waals surface area contributed by atoms with E-state index in [4.69, 9.17) is 0 Å². The molecule has 1 atom stereocenters. The molecule has 7 nitrogen and oxygen atoms in total.